The lowest BCUT2D eigenvalue weighted by molar-refractivity contribution is -0.125. The van der Waals surface area contributed by atoms with Crippen LogP contribution in [0.2, 0.25) is 0 Å². The molecule has 3 heteroatoms. The van der Waals surface area contributed by atoms with Crippen LogP contribution in [0.4, 0.5) is 0 Å². The molecule has 17 heavy (non-hydrogen) atoms. The Labute approximate surface area is 107 Å². The van der Waals surface area contributed by atoms with Crippen molar-refractivity contribution in [3.05, 3.63) is 0 Å². The highest BCUT2D eigenvalue weighted by molar-refractivity contribution is 5.81. The van der Waals surface area contributed by atoms with Gasteiger partial charge in [0.15, 0.2) is 0 Å². The van der Waals surface area contributed by atoms with Crippen molar-refractivity contribution in [1.82, 2.24) is 9.80 Å². The van der Waals surface area contributed by atoms with Crippen LogP contribution in [0.25, 0.3) is 0 Å². The highest BCUT2D eigenvalue weighted by atomic mass is 16.1. The summed E-state index contributed by atoms with van der Waals surface area (Å²) in [5.74, 6) is 0.913. The standard InChI is InChI=1S/C14H30N2O/c1-12(2)10-16(9-8-15(6)7)11-14(4,5)13(3)17/h12H,8-11H2,1-7H3. The van der Waals surface area contributed by atoms with Gasteiger partial charge in [-0.3, -0.25) is 4.79 Å². The quantitative estimate of drug-likeness (QED) is 0.651. The summed E-state index contributed by atoms with van der Waals surface area (Å²) in [5.41, 5.74) is -0.235. The second-order valence-corrected chi connectivity index (χ2v) is 6.37. The Morgan fingerprint density at radius 3 is 2.06 bits per heavy atom. The van der Waals surface area contributed by atoms with Crippen molar-refractivity contribution in [3.8, 4) is 0 Å². The summed E-state index contributed by atoms with van der Waals surface area (Å²) in [5, 5.41) is 0. The molecule has 0 aliphatic rings. The van der Waals surface area contributed by atoms with E-state index in [1.165, 1.54) is 0 Å². The zero-order chi connectivity index (χ0) is 13.6. The Morgan fingerprint density at radius 1 is 1.18 bits per heavy atom. The normalized spacial score (nSPS) is 12.8. The number of carbonyl (C=O) groups is 1. The molecule has 102 valence electrons. The average molecular weight is 242 g/mol. The summed E-state index contributed by atoms with van der Waals surface area (Å²) >= 11 is 0. The molecule has 3 nitrogen and oxygen atoms in total. The molecule has 0 aromatic rings. The Hall–Kier alpha value is -0.410. The molecule has 0 saturated carbocycles. The lowest BCUT2D eigenvalue weighted by Crippen LogP contribution is -2.42. The highest BCUT2D eigenvalue weighted by Crippen LogP contribution is 2.18. The van der Waals surface area contributed by atoms with Crippen LogP contribution in [0.1, 0.15) is 34.6 Å². The van der Waals surface area contributed by atoms with E-state index < -0.39 is 0 Å². The Bertz CT molecular complexity index is 234. The fourth-order valence-electron chi connectivity index (χ4n) is 1.76. The third-order valence-electron chi connectivity index (χ3n) is 3.06. The molecular formula is C14H30N2O. The highest BCUT2D eigenvalue weighted by Gasteiger charge is 2.26. The minimum absolute atomic E-state index is 0.235. The molecule has 0 unspecified atom stereocenters. The Kier molecular flexibility index (Phi) is 6.95. The van der Waals surface area contributed by atoms with Crippen LogP contribution in [-0.4, -0.2) is 55.9 Å². The van der Waals surface area contributed by atoms with Gasteiger partial charge in [0.2, 0.25) is 0 Å². The summed E-state index contributed by atoms with van der Waals surface area (Å²) < 4.78 is 0. The van der Waals surface area contributed by atoms with Crippen LogP contribution in [0, 0.1) is 11.3 Å². The van der Waals surface area contributed by atoms with Gasteiger partial charge >= 0.3 is 0 Å². The van der Waals surface area contributed by atoms with Crippen molar-refractivity contribution in [3.63, 3.8) is 0 Å². The largest absolute Gasteiger partial charge is 0.308 e. The molecule has 0 amide bonds. The average Bonchev–Trinajstić information content (AvgIpc) is 2.12. The van der Waals surface area contributed by atoms with Gasteiger partial charge in [0, 0.05) is 31.6 Å². The number of likely N-dealkylation sites (N-methyl/N-ethyl adjacent to an activating group) is 1. The van der Waals surface area contributed by atoms with Gasteiger partial charge in [0.1, 0.15) is 5.78 Å². The zero-order valence-corrected chi connectivity index (χ0v) is 12.7. The second kappa shape index (κ2) is 7.12. The molecule has 0 rings (SSSR count). The van der Waals surface area contributed by atoms with Gasteiger partial charge in [-0.05, 0) is 26.9 Å². The number of hydrogen-bond donors (Lipinski definition) is 0. The van der Waals surface area contributed by atoms with E-state index >= 15 is 0 Å². The molecule has 0 fully saturated rings. The first-order chi connectivity index (χ1) is 7.65. The van der Waals surface area contributed by atoms with Gasteiger partial charge in [0.05, 0.1) is 0 Å². The predicted octanol–water partition coefficient (Wildman–Crippen LogP) is 2.12. The van der Waals surface area contributed by atoms with E-state index in [9.17, 15) is 4.79 Å². The molecule has 0 atom stereocenters. The monoisotopic (exact) mass is 242 g/mol. The number of ketones is 1. The predicted molar refractivity (Wildman–Crippen MR) is 74.3 cm³/mol. The molecule has 0 heterocycles. The van der Waals surface area contributed by atoms with Crippen molar-refractivity contribution in [1.29, 1.82) is 0 Å². The number of hydrogen-bond acceptors (Lipinski definition) is 3. The first kappa shape index (κ1) is 16.6. The number of carbonyl (C=O) groups excluding carboxylic acids is 1. The maximum Gasteiger partial charge on any atom is 0.136 e. The number of rotatable bonds is 8. The summed E-state index contributed by atoms with van der Waals surface area (Å²) in [6, 6.07) is 0. The third kappa shape index (κ3) is 7.50. The van der Waals surface area contributed by atoms with Gasteiger partial charge in [-0.25, -0.2) is 0 Å². The maximum absolute atomic E-state index is 11.6. The van der Waals surface area contributed by atoms with Gasteiger partial charge < -0.3 is 9.80 Å². The molecule has 0 aliphatic heterocycles. The third-order valence-corrected chi connectivity index (χ3v) is 3.06. The molecule has 0 saturated heterocycles. The van der Waals surface area contributed by atoms with Crippen LogP contribution < -0.4 is 0 Å². The first-order valence-corrected chi connectivity index (χ1v) is 6.53. The number of Topliss-reactive ketones (excluding diaryl/α,β-unsaturated/α-hetero) is 1. The van der Waals surface area contributed by atoms with E-state index in [2.05, 4.69) is 37.7 Å². The van der Waals surface area contributed by atoms with Crippen molar-refractivity contribution in [2.75, 3.05) is 40.3 Å². The van der Waals surface area contributed by atoms with Crippen molar-refractivity contribution < 1.29 is 4.79 Å². The number of nitrogens with zero attached hydrogens (tertiary/aromatic N) is 2. The summed E-state index contributed by atoms with van der Waals surface area (Å²) in [6.45, 7) is 14.2. The molecule has 0 radical (unpaired) electrons. The van der Waals surface area contributed by atoms with E-state index in [1.54, 1.807) is 6.92 Å². The molecule has 0 bridgehead atoms. The molecule has 0 aromatic heterocycles. The molecular weight excluding hydrogens is 212 g/mol. The van der Waals surface area contributed by atoms with E-state index in [0.29, 0.717) is 5.92 Å². The topological polar surface area (TPSA) is 23.6 Å². The van der Waals surface area contributed by atoms with Crippen molar-refractivity contribution >= 4 is 5.78 Å². The maximum atomic E-state index is 11.6. The SMILES string of the molecule is CC(=O)C(C)(C)CN(CCN(C)C)CC(C)C. The minimum Gasteiger partial charge on any atom is -0.308 e. The van der Waals surface area contributed by atoms with Crippen LogP contribution in [0.3, 0.4) is 0 Å². The smallest absolute Gasteiger partial charge is 0.136 e. The summed E-state index contributed by atoms with van der Waals surface area (Å²) in [4.78, 5) is 16.2. The summed E-state index contributed by atoms with van der Waals surface area (Å²) in [6.07, 6.45) is 0. The first-order valence-electron chi connectivity index (χ1n) is 6.53. The lowest BCUT2D eigenvalue weighted by Gasteiger charge is -2.32. The van der Waals surface area contributed by atoms with E-state index in [1.807, 2.05) is 13.8 Å². The van der Waals surface area contributed by atoms with Gasteiger partial charge in [-0.2, -0.15) is 0 Å². The molecule has 0 spiro atoms. The summed E-state index contributed by atoms with van der Waals surface area (Å²) in [7, 11) is 4.17. The van der Waals surface area contributed by atoms with E-state index in [4.69, 9.17) is 0 Å². The van der Waals surface area contributed by atoms with Crippen LogP contribution in [0.5, 0.6) is 0 Å². The fourth-order valence-corrected chi connectivity index (χ4v) is 1.76. The molecule has 0 N–H and O–H groups in total. The van der Waals surface area contributed by atoms with Gasteiger partial charge in [-0.15, -0.1) is 0 Å². The van der Waals surface area contributed by atoms with Gasteiger partial charge in [-0.1, -0.05) is 27.7 Å². The molecule has 0 aliphatic carbocycles. The Morgan fingerprint density at radius 2 is 1.71 bits per heavy atom. The van der Waals surface area contributed by atoms with Crippen LogP contribution in [0.15, 0.2) is 0 Å². The molecule has 0 aromatic carbocycles. The van der Waals surface area contributed by atoms with Crippen LogP contribution >= 0.6 is 0 Å². The van der Waals surface area contributed by atoms with E-state index in [0.717, 1.165) is 26.2 Å². The van der Waals surface area contributed by atoms with E-state index in [-0.39, 0.29) is 11.2 Å². The van der Waals surface area contributed by atoms with Crippen LogP contribution in [-0.2, 0) is 4.79 Å². The minimum atomic E-state index is -0.235. The second-order valence-electron chi connectivity index (χ2n) is 6.37. The Balaban J connectivity index is 4.42. The fraction of sp³-hybridized carbons (Fsp3) is 0.929. The lowest BCUT2D eigenvalue weighted by atomic mass is 9.88. The van der Waals surface area contributed by atoms with Gasteiger partial charge in [0.25, 0.3) is 0 Å². The van der Waals surface area contributed by atoms with Crippen molar-refractivity contribution in [2.45, 2.75) is 34.6 Å². The zero-order valence-electron chi connectivity index (χ0n) is 12.7. The van der Waals surface area contributed by atoms with Crippen molar-refractivity contribution in [2.24, 2.45) is 11.3 Å².